The summed E-state index contributed by atoms with van der Waals surface area (Å²) in [7, 11) is 0. The van der Waals surface area contributed by atoms with Gasteiger partial charge in [-0.3, -0.25) is 4.79 Å². The van der Waals surface area contributed by atoms with E-state index in [0.717, 1.165) is 25.0 Å². The van der Waals surface area contributed by atoms with Crippen LogP contribution in [0.25, 0.3) is 0 Å². The van der Waals surface area contributed by atoms with Crippen LogP contribution in [0, 0.1) is 0 Å². The van der Waals surface area contributed by atoms with E-state index in [0.29, 0.717) is 18.1 Å². The summed E-state index contributed by atoms with van der Waals surface area (Å²) >= 11 is 1.84. The molecule has 3 atom stereocenters. The summed E-state index contributed by atoms with van der Waals surface area (Å²) in [5, 5.41) is 6.20. The van der Waals surface area contributed by atoms with Gasteiger partial charge >= 0.3 is 18.0 Å². The second kappa shape index (κ2) is 8.86. The number of nitrogens with one attached hydrogen (secondary N) is 2. The number of rotatable bonds is 9. The van der Waals surface area contributed by atoms with Crippen molar-refractivity contribution in [1.82, 2.24) is 10.6 Å². The van der Waals surface area contributed by atoms with Crippen LogP contribution in [0.2, 0.25) is 0 Å². The number of ether oxygens (including phenoxy) is 1. The fraction of sp³-hybridized carbons (Fsp3) is 0.812. The van der Waals surface area contributed by atoms with Gasteiger partial charge in [0.25, 0.3) is 0 Å². The first-order valence-corrected chi connectivity index (χ1v) is 9.90. The first kappa shape index (κ1) is 20.0. The van der Waals surface area contributed by atoms with Gasteiger partial charge in [0.1, 0.15) is 0 Å². The first-order valence-electron chi connectivity index (χ1n) is 8.85. The smallest absolute Gasteiger partial charge is 0.348 e. The Morgan fingerprint density at radius 2 is 2.04 bits per heavy atom. The second-order valence-corrected chi connectivity index (χ2v) is 8.05. The maximum atomic E-state index is 11.8. The molecule has 8 nitrogen and oxygen atoms in total. The summed E-state index contributed by atoms with van der Waals surface area (Å²) in [5.41, 5.74) is 9.80. The summed E-state index contributed by atoms with van der Waals surface area (Å²) < 4.78 is 4.77. The molecule has 2 aliphatic heterocycles. The van der Waals surface area contributed by atoms with Gasteiger partial charge in [-0.1, -0.05) is 19.8 Å². The van der Waals surface area contributed by atoms with Crippen molar-refractivity contribution in [1.29, 1.82) is 0 Å². The minimum Gasteiger partial charge on any atom is -0.391 e. The molecule has 9 heteroatoms. The van der Waals surface area contributed by atoms with Crippen LogP contribution in [-0.4, -0.2) is 46.7 Å². The lowest BCUT2D eigenvalue weighted by molar-refractivity contribution is -0.164. The quantitative estimate of drug-likeness (QED) is 0.153. The largest absolute Gasteiger partial charge is 0.391 e. The highest BCUT2D eigenvalue weighted by Crippen LogP contribution is 2.33. The van der Waals surface area contributed by atoms with E-state index in [-0.39, 0.29) is 31.0 Å². The molecule has 2 rings (SSSR count). The third kappa shape index (κ3) is 5.58. The van der Waals surface area contributed by atoms with Gasteiger partial charge in [0.2, 0.25) is 0 Å². The van der Waals surface area contributed by atoms with Crippen LogP contribution >= 0.6 is 11.8 Å². The molecule has 25 heavy (non-hydrogen) atoms. The number of hydrogen-bond donors (Lipinski definition) is 4. The predicted molar refractivity (Wildman–Crippen MR) is 95.7 cm³/mol. The average Bonchev–Trinajstić information content (AvgIpc) is 3.09. The number of carbonyl (C=O) groups is 3. The van der Waals surface area contributed by atoms with Crippen LogP contribution < -0.4 is 22.1 Å². The molecule has 0 spiro atoms. The summed E-state index contributed by atoms with van der Waals surface area (Å²) in [4.78, 5) is 34.9. The van der Waals surface area contributed by atoms with Crippen molar-refractivity contribution in [3.8, 4) is 0 Å². The van der Waals surface area contributed by atoms with E-state index < -0.39 is 17.6 Å². The Hall–Kier alpha value is -1.32. The first-order chi connectivity index (χ1) is 11.8. The number of urea groups is 1. The van der Waals surface area contributed by atoms with E-state index in [1.807, 2.05) is 18.7 Å². The van der Waals surface area contributed by atoms with Gasteiger partial charge in [-0.15, -0.1) is 0 Å². The van der Waals surface area contributed by atoms with Crippen molar-refractivity contribution in [3.63, 3.8) is 0 Å². The van der Waals surface area contributed by atoms with Crippen molar-refractivity contribution < 1.29 is 19.1 Å². The van der Waals surface area contributed by atoms with Crippen LogP contribution in [0.1, 0.15) is 51.9 Å². The number of carbonyl (C=O) groups excluding carboxylic acids is 3. The third-order valence-electron chi connectivity index (χ3n) is 4.59. The normalized spacial score (nSPS) is 25.2. The zero-order valence-electron chi connectivity index (χ0n) is 14.6. The lowest BCUT2D eigenvalue weighted by Crippen LogP contribution is -2.57. The Bertz CT molecular complexity index is 514. The van der Waals surface area contributed by atoms with E-state index in [9.17, 15) is 14.4 Å². The fourth-order valence-electron chi connectivity index (χ4n) is 3.08. The number of esters is 2. The lowest BCUT2D eigenvalue weighted by atomic mass is 10.0. The van der Waals surface area contributed by atoms with E-state index >= 15 is 0 Å². The molecule has 2 fully saturated rings. The molecule has 2 aliphatic rings. The molecule has 0 aromatic rings. The lowest BCUT2D eigenvalue weighted by Gasteiger charge is -2.21. The minimum absolute atomic E-state index is 0.0995. The van der Waals surface area contributed by atoms with Crippen LogP contribution in [0.3, 0.4) is 0 Å². The molecule has 0 saturated carbocycles. The molecular weight excluding hydrogens is 344 g/mol. The summed E-state index contributed by atoms with van der Waals surface area (Å²) in [5.74, 6) is -0.535. The topological polar surface area (TPSA) is 137 Å². The molecule has 0 aliphatic carbocycles. The number of nitrogens with two attached hydrogens (primary N) is 2. The van der Waals surface area contributed by atoms with Gasteiger partial charge in [-0.2, -0.15) is 11.8 Å². The van der Waals surface area contributed by atoms with Crippen LogP contribution in [0.15, 0.2) is 0 Å². The Kier molecular flexibility index (Phi) is 7.09. The van der Waals surface area contributed by atoms with Crippen LogP contribution in [0.5, 0.6) is 0 Å². The van der Waals surface area contributed by atoms with Gasteiger partial charge in [-0.05, 0) is 25.7 Å². The van der Waals surface area contributed by atoms with Crippen molar-refractivity contribution in [2.24, 2.45) is 11.5 Å². The van der Waals surface area contributed by atoms with Crippen molar-refractivity contribution in [3.05, 3.63) is 0 Å². The molecule has 2 heterocycles. The summed E-state index contributed by atoms with van der Waals surface area (Å²) in [6.45, 7) is 1.96. The minimum atomic E-state index is -1.60. The molecular formula is C16H28N4O4S. The number of unbranched alkanes of at least 4 members (excludes halogenated alkanes) is 2. The van der Waals surface area contributed by atoms with Crippen molar-refractivity contribution >= 4 is 29.7 Å². The SMILES string of the molecule is CCCCC(N)(N)C(=O)OC(=O)CCCC[C@@H]1SC[C@@H]2NC(=O)N[C@@H]21. The zero-order chi connectivity index (χ0) is 18.4. The highest BCUT2D eigenvalue weighted by Gasteiger charge is 2.42. The summed E-state index contributed by atoms with van der Waals surface area (Å²) in [6.07, 6.45) is 4.36. The second-order valence-electron chi connectivity index (χ2n) is 6.77. The Balaban J connectivity index is 1.62. The van der Waals surface area contributed by atoms with Crippen molar-refractivity contribution in [2.75, 3.05) is 5.75 Å². The van der Waals surface area contributed by atoms with E-state index in [1.54, 1.807) is 0 Å². The summed E-state index contributed by atoms with van der Waals surface area (Å²) in [6, 6.07) is 0.271. The average molecular weight is 372 g/mol. The van der Waals surface area contributed by atoms with Crippen LogP contribution in [-0.2, 0) is 14.3 Å². The Labute approximate surface area is 152 Å². The molecule has 0 bridgehead atoms. The zero-order valence-corrected chi connectivity index (χ0v) is 15.4. The monoisotopic (exact) mass is 372 g/mol. The third-order valence-corrected chi connectivity index (χ3v) is 6.10. The number of thioether (sulfide) groups is 1. The van der Waals surface area contributed by atoms with E-state index in [1.165, 1.54) is 0 Å². The molecule has 2 saturated heterocycles. The Morgan fingerprint density at radius 3 is 2.76 bits per heavy atom. The standard InChI is InChI=1S/C16H28N4O4S/c1-2-3-8-16(17,18)14(22)24-12(21)7-5-4-6-11-13-10(9-25-11)19-15(23)20-13/h10-11,13H,2-9,17-18H2,1H3,(H2,19,20,23)/t10-,11-,13-/m0/s1. The maximum absolute atomic E-state index is 11.8. The van der Waals surface area contributed by atoms with Gasteiger partial charge in [-0.25, -0.2) is 9.59 Å². The van der Waals surface area contributed by atoms with Gasteiger partial charge in [0, 0.05) is 17.4 Å². The number of amides is 2. The van der Waals surface area contributed by atoms with Gasteiger partial charge in [0.15, 0.2) is 5.66 Å². The highest BCUT2D eigenvalue weighted by atomic mass is 32.2. The Morgan fingerprint density at radius 1 is 1.28 bits per heavy atom. The van der Waals surface area contributed by atoms with Gasteiger partial charge < -0.3 is 26.8 Å². The molecule has 6 N–H and O–H groups in total. The number of fused-ring (bicyclic) bond motifs is 1. The van der Waals surface area contributed by atoms with E-state index in [2.05, 4.69) is 10.6 Å². The number of hydrogen-bond acceptors (Lipinski definition) is 7. The molecule has 0 unspecified atom stereocenters. The van der Waals surface area contributed by atoms with E-state index in [4.69, 9.17) is 16.2 Å². The maximum Gasteiger partial charge on any atom is 0.348 e. The molecule has 2 amide bonds. The van der Waals surface area contributed by atoms with Crippen molar-refractivity contribution in [2.45, 2.75) is 74.9 Å². The fourth-order valence-corrected chi connectivity index (χ4v) is 4.62. The molecule has 0 radical (unpaired) electrons. The molecule has 0 aromatic carbocycles. The van der Waals surface area contributed by atoms with Crippen LogP contribution in [0.4, 0.5) is 4.79 Å². The van der Waals surface area contributed by atoms with Gasteiger partial charge in [0.05, 0.1) is 12.1 Å². The predicted octanol–water partition coefficient (Wildman–Crippen LogP) is 0.586. The highest BCUT2D eigenvalue weighted by molar-refractivity contribution is 8.00. The molecule has 142 valence electrons. The molecule has 0 aromatic heterocycles.